The van der Waals surface area contributed by atoms with Gasteiger partial charge in [0.2, 0.25) is 0 Å². The van der Waals surface area contributed by atoms with E-state index in [9.17, 15) is 0 Å². The second-order valence-electron chi connectivity index (χ2n) is 5.32. The van der Waals surface area contributed by atoms with E-state index >= 15 is 0 Å². The molecule has 21 heavy (non-hydrogen) atoms. The molecule has 0 heterocycles. The molecule has 0 aliphatic rings. The van der Waals surface area contributed by atoms with E-state index in [1.54, 1.807) is 14.2 Å². The van der Waals surface area contributed by atoms with Crippen LogP contribution in [0.2, 0.25) is 0 Å². The van der Waals surface area contributed by atoms with E-state index in [4.69, 9.17) is 9.47 Å². The van der Waals surface area contributed by atoms with Gasteiger partial charge in [0.1, 0.15) is 11.5 Å². The third-order valence-electron chi connectivity index (χ3n) is 3.58. The minimum Gasteiger partial charge on any atom is -0.496 e. The van der Waals surface area contributed by atoms with Gasteiger partial charge in [-0.05, 0) is 50.1 Å². The lowest BCUT2D eigenvalue weighted by atomic mass is 10.0. The van der Waals surface area contributed by atoms with Crippen molar-refractivity contribution < 1.29 is 9.47 Å². The summed E-state index contributed by atoms with van der Waals surface area (Å²) in [4.78, 5) is 0. The molecule has 2 aromatic rings. The molecule has 0 aromatic heterocycles. The van der Waals surface area contributed by atoms with Crippen molar-refractivity contribution in [3.05, 3.63) is 53.1 Å². The molecule has 1 atom stereocenters. The number of ether oxygens (including phenoxy) is 2. The highest BCUT2D eigenvalue weighted by molar-refractivity contribution is 5.59. The maximum atomic E-state index is 5.49. The topological polar surface area (TPSA) is 30.5 Å². The van der Waals surface area contributed by atoms with Crippen LogP contribution in [0.15, 0.2) is 36.4 Å². The molecule has 1 N–H and O–H groups in total. The van der Waals surface area contributed by atoms with E-state index in [1.165, 1.54) is 11.1 Å². The SMILES string of the molecule is COc1ccc(C)cc1NC(C)c1ccc(C)cc1OC. The lowest BCUT2D eigenvalue weighted by Crippen LogP contribution is -2.09. The molecule has 2 rings (SSSR count). The van der Waals surface area contributed by atoms with Gasteiger partial charge in [0.15, 0.2) is 0 Å². The quantitative estimate of drug-likeness (QED) is 0.877. The Hall–Kier alpha value is -2.16. The zero-order valence-electron chi connectivity index (χ0n) is 13.4. The van der Waals surface area contributed by atoms with Crippen molar-refractivity contribution >= 4 is 5.69 Å². The Morgan fingerprint density at radius 1 is 0.857 bits per heavy atom. The number of aryl methyl sites for hydroxylation is 2. The van der Waals surface area contributed by atoms with Crippen molar-refractivity contribution in [1.82, 2.24) is 0 Å². The number of benzene rings is 2. The van der Waals surface area contributed by atoms with Crippen molar-refractivity contribution in [3.63, 3.8) is 0 Å². The first-order valence-electron chi connectivity index (χ1n) is 7.11. The van der Waals surface area contributed by atoms with Gasteiger partial charge in [0.25, 0.3) is 0 Å². The third kappa shape index (κ3) is 3.48. The molecule has 2 aromatic carbocycles. The van der Waals surface area contributed by atoms with Gasteiger partial charge < -0.3 is 14.8 Å². The summed E-state index contributed by atoms with van der Waals surface area (Å²) < 4.78 is 10.9. The van der Waals surface area contributed by atoms with E-state index in [1.807, 2.05) is 12.1 Å². The number of nitrogens with one attached hydrogen (secondary N) is 1. The fraction of sp³-hybridized carbons (Fsp3) is 0.333. The molecular formula is C18H23NO2. The maximum absolute atomic E-state index is 5.49. The van der Waals surface area contributed by atoms with Crippen LogP contribution in [-0.4, -0.2) is 14.2 Å². The summed E-state index contributed by atoms with van der Waals surface area (Å²) in [7, 11) is 3.39. The minimum absolute atomic E-state index is 0.122. The number of anilines is 1. The molecule has 0 aliphatic heterocycles. The smallest absolute Gasteiger partial charge is 0.141 e. The maximum Gasteiger partial charge on any atom is 0.141 e. The van der Waals surface area contributed by atoms with Gasteiger partial charge in [-0.25, -0.2) is 0 Å². The molecule has 112 valence electrons. The molecule has 1 unspecified atom stereocenters. The fourth-order valence-electron chi connectivity index (χ4n) is 2.42. The zero-order chi connectivity index (χ0) is 15.4. The number of hydrogen-bond donors (Lipinski definition) is 1. The summed E-state index contributed by atoms with van der Waals surface area (Å²) >= 11 is 0. The Morgan fingerprint density at radius 3 is 2.14 bits per heavy atom. The fourth-order valence-corrected chi connectivity index (χ4v) is 2.42. The first-order valence-corrected chi connectivity index (χ1v) is 7.11. The van der Waals surface area contributed by atoms with Crippen molar-refractivity contribution in [3.8, 4) is 11.5 Å². The molecule has 0 amide bonds. The number of methoxy groups -OCH3 is 2. The van der Waals surface area contributed by atoms with E-state index in [-0.39, 0.29) is 6.04 Å². The molecule has 0 bridgehead atoms. The first kappa shape index (κ1) is 15.2. The van der Waals surface area contributed by atoms with Crippen LogP contribution in [-0.2, 0) is 0 Å². The van der Waals surface area contributed by atoms with Crippen molar-refractivity contribution in [1.29, 1.82) is 0 Å². The Balaban J connectivity index is 2.30. The molecule has 0 aliphatic carbocycles. The normalized spacial score (nSPS) is 11.9. The molecular weight excluding hydrogens is 262 g/mol. The van der Waals surface area contributed by atoms with Crippen molar-refractivity contribution in [2.45, 2.75) is 26.8 Å². The van der Waals surface area contributed by atoms with E-state index in [0.29, 0.717) is 0 Å². The van der Waals surface area contributed by atoms with Gasteiger partial charge >= 0.3 is 0 Å². The van der Waals surface area contributed by atoms with Gasteiger partial charge in [0.05, 0.1) is 25.9 Å². The lowest BCUT2D eigenvalue weighted by molar-refractivity contribution is 0.406. The van der Waals surface area contributed by atoms with Gasteiger partial charge in [0, 0.05) is 5.56 Å². The summed E-state index contributed by atoms with van der Waals surface area (Å²) in [6, 6.07) is 12.5. The van der Waals surface area contributed by atoms with Crippen LogP contribution in [0.1, 0.15) is 29.7 Å². The molecule has 0 spiro atoms. The Kier molecular flexibility index (Phi) is 4.73. The standard InChI is InChI=1S/C18H23NO2/c1-12-7-9-17(20-4)16(10-12)19-14(3)15-8-6-13(2)11-18(15)21-5/h6-11,14,19H,1-5H3. The van der Waals surface area contributed by atoms with Crippen LogP contribution in [0.5, 0.6) is 11.5 Å². The van der Waals surface area contributed by atoms with Gasteiger partial charge in [-0.3, -0.25) is 0 Å². The predicted molar refractivity (Wildman–Crippen MR) is 87.5 cm³/mol. The van der Waals surface area contributed by atoms with Crippen LogP contribution in [0.25, 0.3) is 0 Å². The second-order valence-corrected chi connectivity index (χ2v) is 5.32. The monoisotopic (exact) mass is 285 g/mol. The van der Waals surface area contributed by atoms with Crippen LogP contribution in [0, 0.1) is 13.8 Å². The summed E-state index contributed by atoms with van der Waals surface area (Å²) in [5.41, 5.74) is 4.51. The largest absolute Gasteiger partial charge is 0.496 e. The average molecular weight is 285 g/mol. The van der Waals surface area contributed by atoms with Gasteiger partial charge in [-0.2, -0.15) is 0 Å². The molecule has 0 fully saturated rings. The number of hydrogen-bond acceptors (Lipinski definition) is 3. The summed E-state index contributed by atoms with van der Waals surface area (Å²) in [6.45, 7) is 6.25. The third-order valence-corrected chi connectivity index (χ3v) is 3.58. The van der Waals surface area contributed by atoms with Crippen molar-refractivity contribution in [2.24, 2.45) is 0 Å². The first-order chi connectivity index (χ1) is 10.0. The molecule has 0 saturated carbocycles. The average Bonchev–Trinajstić information content (AvgIpc) is 2.47. The van der Waals surface area contributed by atoms with Gasteiger partial charge in [-0.15, -0.1) is 0 Å². The van der Waals surface area contributed by atoms with Crippen LogP contribution < -0.4 is 14.8 Å². The predicted octanol–water partition coefficient (Wildman–Crippen LogP) is 4.49. The van der Waals surface area contributed by atoms with Crippen LogP contribution in [0.4, 0.5) is 5.69 Å². The highest BCUT2D eigenvalue weighted by atomic mass is 16.5. The summed E-state index contributed by atoms with van der Waals surface area (Å²) in [6.07, 6.45) is 0. The van der Waals surface area contributed by atoms with E-state index < -0.39 is 0 Å². The van der Waals surface area contributed by atoms with Gasteiger partial charge in [-0.1, -0.05) is 18.2 Å². The Labute approximate surface area is 126 Å². The van der Waals surface area contributed by atoms with Crippen molar-refractivity contribution in [2.75, 3.05) is 19.5 Å². The minimum atomic E-state index is 0.122. The van der Waals surface area contributed by atoms with Crippen LogP contribution >= 0.6 is 0 Å². The second kappa shape index (κ2) is 6.53. The summed E-state index contributed by atoms with van der Waals surface area (Å²) in [5, 5.41) is 3.51. The molecule has 3 nitrogen and oxygen atoms in total. The van der Waals surface area contributed by atoms with E-state index in [0.717, 1.165) is 22.7 Å². The van der Waals surface area contributed by atoms with Crippen LogP contribution in [0.3, 0.4) is 0 Å². The summed E-state index contributed by atoms with van der Waals surface area (Å²) in [5.74, 6) is 1.75. The highest BCUT2D eigenvalue weighted by Gasteiger charge is 2.13. The number of rotatable bonds is 5. The molecule has 3 heteroatoms. The molecule has 0 saturated heterocycles. The lowest BCUT2D eigenvalue weighted by Gasteiger charge is -2.20. The Bertz CT molecular complexity index is 623. The highest BCUT2D eigenvalue weighted by Crippen LogP contribution is 2.32. The molecule has 0 radical (unpaired) electrons. The van der Waals surface area contributed by atoms with E-state index in [2.05, 4.69) is 50.4 Å². The zero-order valence-corrected chi connectivity index (χ0v) is 13.4. The Morgan fingerprint density at radius 2 is 1.48 bits per heavy atom.